The Morgan fingerprint density at radius 3 is 2.81 bits per heavy atom. The largest absolute Gasteiger partial charge is 0.356 e. The second kappa shape index (κ2) is 9.54. The number of hydrogen-bond acceptors (Lipinski definition) is 3. The van der Waals surface area contributed by atoms with Gasteiger partial charge in [0.25, 0.3) is 0 Å². The third-order valence-electron chi connectivity index (χ3n) is 3.02. The number of pyridine rings is 1. The third-order valence-corrected chi connectivity index (χ3v) is 3.02. The van der Waals surface area contributed by atoms with E-state index in [1.165, 1.54) is 0 Å². The second-order valence-electron chi connectivity index (χ2n) is 4.57. The summed E-state index contributed by atoms with van der Waals surface area (Å²) < 4.78 is 2.03. The van der Waals surface area contributed by atoms with E-state index in [1.54, 1.807) is 7.05 Å². The monoisotopic (exact) mass is 402 g/mol. The van der Waals surface area contributed by atoms with Crippen molar-refractivity contribution in [2.45, 2.75) is 26.2 Å². The molecule has 2 aromatic heterocycles. The first-order chi connectivity index (χ1) is 9.85. The van der Waals surface area contributed by atoms with E-state index in [-0.39, 0.29) is 24.0 Å². The molecule has 0 aliphatic carbocycles. The molecule has 0 fully saturated rings. The van der Waals surface area contributed by atoms with Crippen molar-refractivity contribution in [2.24, 2.45) is 4.99 Å². The van der Waals surface area contributed by atoms with E-state index in [0.717, 1.165) is 49.8 Å². The lowest BCUT2D eigenvalue weighted by Crippen LogP contribution is -2.38. The lowest BCUT2D eigenvalue weighted by atomic mass is 10.3. The normalized spacial score (nSPS) is 11.2. The number of rotatable bonds is 6. The zero-order chi connectivity index (χ0) is 14.2. The fraction of sp³-hybridized carbons (Fsp3) is 0.500. The topological polar surface area (TPSA) is 66.6 Å². The number of nitrogens with zero attached hydrogens (tertiary/aromatic N) is 4. The first-order valence-corrected chi connectivity index (χ1v) is 7.08. The van der Waals surface area contributed by atoms with E-state index < -0.39 is 0 Å². The molecule has 0 aromatic carbocycles. The van der Waals surface area contributed by atoms with Crippen LogP contribution in [0, 0.1) is 0 Å². The molecule has 2 aromatic rings. The Balaban J connectivity index is 0.00000220. The first kappa shape index (κ1) is 17.7. The Morgan fingerprint density at radius 2 is 2.05 bits per heavy atom. The summed E-state index contributed by atoms with van der Waals surface area (Å²) in [6, 6.07) is 5.93. The van der Waals surface area contributed by atoms with Gasteiger partial charge in [-0.25, -0.2) is 0 Å². The molecular weight excluding hydrogens is 379 g/mol. The highest BCUT2D eigenvalue weighted by molar-refractivity contribution is 14.0. The number of halogens is 1. The van der Waals surface area contributed by atoms with Crippen molar-refractivity contribution >= 4 is 35.6 Å². The Morgan fingerprint density at radius 1 is 1.24 bits per heavy atom. The molecule has 21 heavy (non-hydrogen) atoms. The second-order valence-corrected chi connectivity index (χ2v) is 4.57. The molecule has 0 amide bonds. The van der Waals surface area contributed by atoms with Crippen molar-refractivity contribution in [1.82, 2.24) is 25.2 Å². The lowest BCUT2D eigenvalue weighted by Gasteiger charge is -2.10. The summed E-state index contributed by atoms with van der Waals surface area (Å²) in [7, 11) is 1.79. The highest BCUT2D eigenvalue weighted by Gasteiger charge is 2.04. The number of aromatic nitrogens is 3. The Hall–Kier alpha value is -1.38. The summed E-state index contributed by atoms with van der Waals surface area (Å²) in [5.74, 6) is 1.86. The van der Waals surface area contributed by atoms with E-state index in [0.29, 0.717) is 0 Å². The van der Waals surface area contributed by atoms with Crippen LogP contribution in [-0.4, -0.2) is 40.7 Å². The van der Waals surface area contributed by atoms with Crippen molar-refractivity contribution in [3.63, 3.8) is 0 Å². The average molecular weight is 402 g/mol. The molecule has 2 rings (SSSR count). The Kier molecular flexibility index (Phi) is 8.03. The van der Waals surface area contributed by atoms with Crippen LogP contribution < -0.4 is 10.6 Å². The van der Waals surface area contributed by atoms with Gasteiger partial charge in [0.2, 0.25) is 0 Å². The number of aliphatic imine (C=N–C) groups is 1. The molecule has 0 aliphatic heterocycles. The van der Waals surface area contributed by atoms with Crippen LogP contribution in [0.3, 0.4) is 0 Å². The molecule has 0 atom stereocenters. The van der Waals surface area contributed by atoms with Crippen molar-refractivity contribution in [3.8, 4) is 0 Å². The lowest BCUT2D eigenvalue weighted by molar-refractivity contribution is 0.710. The van der Waals surface area contributed by atoms with Crippen molar-refractivity contribution < 1.29 is 0 Å². The SMILES string of the molecule is CCCNC(=NC)NCCCc1nnc2ccccn12.I. The zero-order valence-electron chi connectivity index (χ0n) is 12.5. The number of nitrogens with one attached hydrogen (secondary N) is 2. The minimum Gasteiger partial charge on any atom is -0.356 e. The molecule has 6 nitrogen and oxygen atoms in total. The molecule has 0 unspecified atom stereocenters. The summed E-state index contributed by atoms with van der Waals surface area (Å²) >= 11 is 0. The minimum absolute atomic E-state index is 0. The molecule has 2 heterocycles. The van der Waals surface area contributed by atoms with Gasteiger partial charge in [-0.2, -0.15) is 0 Å². The highest BCUT2D eigenvalue weighted by atomic mass is 127. The van der Waals surface area contributed by atoms with E-state index in [2.05, 4.69) is 32.7 Å². The Bertz CT molecular complexity index is 565. The molecule has 0 bridgehead atoms. The Labute approximate surface area is 142 Å². The van der Waals surface area contributed by atoms with Gasteiger partial charge in [-0.15, -0.1) is 34.2 Å². The summed E-state index contributed by atoms with van der Waals surface area (Å²) in [5.41, 5.74) is 0.899. The van der Waals surface area contributed by atoms with Crippen molar-refractivity contribution in [1.29, 1.82) is 0 Å². The van der Waals surface area contributed by atoms with Crippen LogP contribution in [0.25, 0.3) is 5.65 Å². The number of hydrogen-bond donors (Lipinski definition) is 2. The minimum atomic E-state index is 0. The number of guanidine groups is 1. The molecule has 0 aliphatic rings. The van der Waals surface area contributed by atoms with Gasteiger partial charge in [0, 0.05) is 32.8 Å². The van der Waals surface area contributed by atoms with Crippen molar-refractivity contribution in [2.75, 3.05) is 20.1 Å². The molecule has 116 valence electrons. The number of fused-ring (bicyclic) bond motifs is 1. The number of aryl methyl sites for hydroxylation is 1. The quantitative estimate of drug-likeness (QED) is 0.335. The van der Waals surface area contributed by atoms with Crippen LogP contribution in [0.5, 0.6) is 0 Å². The van der Waals surface area contributed by atoms with Gasteiger partial charge in [0.1, 0.15) is 5.82 Å². The van der Waals surface area contributed by atoms with Crippen molar-refractivity contribution in [3.05, 3.63) is 30.2 Å². The van der Waals surface area contributed by atoms with E-state index in [1.807, 2.05) is 28.8 Å². The van der Waals surface area contributed by atoms with Gasteiger partial charge in [-0.3, -0.25) is 9.39 Å². The summed E-state index contributed by atoms with van der Waals surface area (Å²) in [6.07, 6.45) is 4.97. The maximum absolute atomic E-state index is 4.22. The molecule has 0 radical (unpaired) electrons. The highest BCUT2D eigenvalue weighted by Crippen LogP contribution is 2.04. The molecule has 0 spiro atoms. The predicted molar refractivity (Wildman–Crippen MR) is 96.4 cm³/mol. The first-order valence-electron chi connectivity index (χ1n) is 7.08. The smallest absolute Gasteiger partial charge is 0.190 e. The molecular formula is C14H23IN6. The van der Waals surface area contributed by atoms with Crippen LogP contribution in [0.1, 0.15) is 25.6 Å². The summed E-state index contributed by atoms with van der Waals surface area (Å²) in [6.45, 7) is 3.94. The molecule has 7 heteroatoms. The predicted octanol–water partition coefficient (Wildman–Crippen LogP) is 1.85. The maximum Gasteiger partial charge on any atom is 0.190 e. The van der Waals surface area contributed by atoms with Gasteiger partial charge in [-0.1, -0.05) is 13.0 Å². The van der Waals surface area contributed by atoms with Gasteiger partial charge in [0.05, 0.1) is 0 Å². The fourth-order valence-corrected chi connectivity index (χ4v) is 1.98. The van der Waals surface area contributed by atoms with Crippen LogP contribution in [0.4, 0.5) is 0 Å². The maximum atomic E-state index is 4.22. The molecule has 0 saturated heterocycles. The van der Waals surface area contributed by atoms with Crippen LogP contribution in [0.15, 0.2) is 29.4 Å². The van der Waals surface area contributed by atoms with Gasteiger partial charge < -0.3 is 10.6 Å². The standard InChI is InChI=1S/C14H22N6.HI/c1-3-9-16-14(15-2)17-10-6-8-13-19-18-12-7-4-5-11-20(12)13;/h4-5,7,11H,3,6,8-10H2,1-2H3,(H2,15,16,17);1H. The van der Waals surface area contributed by atoms with E-state index in [9.17, 15) is 0 Å². The summed E-state index contributed by atoms with van der Waals surface area (Å²) in [4.78, 5) is 4.17. The van der Waals surface area contributed by atoms with Gasteiger partial charge in [-0.05, 0) is 25.0 Å². The van der Waals surface area contributed by atoms with Crippen LogP contribution in [-0.2, 0) is 6.42 Å². The molecule has 2 N–H and O–H groups in total. The van der Waals surface area contributed by atoms with Gasteiger partial charge >= 0.3 is 0 Å². The van der Waals surface area contributed by atoms with Gasteiger partial charge in [0.15, 0.2) is 11.6 Å². The van der Waals surface area contributed by atoms with E-state index in [4.69, 9.17) is 0 Å². The van der Waals surface area contributed by atoms with Crippen LogP contribution >= 0.6 is 24.0 Å². The van der Waals surface area contributed by atoms with Crippen LogP contribution in [0.2, 0.25) is 0 Å². The summed E-state index contributed by atoms with van der Waals surface area (Å²) in [5, 5.41) is 14.9. The fourth-order valence-electron chi connectivity index (χ4n) is 1.98. The third kappa shape index (κ3) is 5.14. The molecule has 0 saturated carbocycles. The zero-order valence-corrected chi connectivity index (χ0v) is 14.9. The van der Waals surface area contributed by atoms with E-state index >= 15 is 0 Å². The average Bonchev–Trinajstić information content (AvgIpc) is 2.90.